The van der Waals surface area contributed by atoms with Crippen LogP contribution in [0.4, 0.5) is 5.69 Å². The molecule has 1 unspecified atom stereocenters. The maximum atomic E-state index is 12.3. The molecule has 6 nitrogen and oxygen atoms in total. The SMILES string of the molecule is CC(Sc1c(=O)o[nH][n+]1C)C(=O)Nc1ccc2ccccc2c1. The maximum Gasteiger partial charge on any atom is 0.441 e. The van der Waals surface area contributed by atoms with Crippen molar-refractivity contribution in [3.63, 3.8) is 0 Å². The fourth-order valence-electron chi connectivity index (χ4n) is 2.19. The Morgan fingerprint density at radius 3 is 2.70 bits per heavy atom. The van der Waals surface area contributed by atoms with Gasteiger partial charge in [0.25, 0.3) is 0 Å². The summed E-state index contributed by atoms with van der Waals surface area (Å²) in [5, 5.41) is 7.39. The van der Waals surface area contributed by atoms with Gasteiger partial charge < -0.3 is 5.32 Å². The number of carbonyl (C=O) groups excluding carboxylic acids is 1. The number of hydrogen-bond acceptors (Lipinski definition) is 4. The summed E-state index contributed by atoms with van der Waals surface area (Å²) in [6.07, 6.45) is 0. The van der Waals surface area contributed by atoms with E-state index in [1.807, 2.05) is 42.5 Å². The van der Waals surface area contributed by atoms with Crippen molar-refractivity contribution in [2.45, 2.75) is 17.2 Å². The van der Waals surface area contributed by atoms with Crippen molar-refractivity contribution in [3.05, 3.63) is 52.9 Å². The van der Waals surface area contributed by atoms with Crippen LogP contribution in [0.5, 0.6) is 0 Å². The molecule has 1 aromatic heterocycles. The fraction of sp³-hybridized carbons (Fsp3) is 0.188. The molecule has 0 radical (unpaired) electrons. The third-order valence-electron chi connectivity index (χ3n) is 3.43. The Morgan fingerprint density at radius 1 is 1.26 bits per heavy atom. The van der Waals surface area contributed by atoms with Crippen LogP contribution in [0.15, 0.2) is 56.8 Å². The minimum Gasteiger partial charge on any atom is -0.325 e. The minimum atomic E-state index is -0.483. The summed E-state index contributed by atoms with van der Waals surface area (Å²) in [7, 11) is 1.65. The van der Waals surface area contributed by atoms with E-state index in [4.69, 9.17) is 0 Å². The number of aromatic amines is 1. The number of amides is 1. The first-order chi connectivity index (χ1) is 11.0. The van der Waals surface area contributed by atoms with Crippen LogP contribution in [-0.2, 0) is 11.8 Å². The fourth-order valence-corrected chi connectivity index (χ4v) is 3.03. The average molecular weight is 330 g/mol. The molecule has 3 rings (SSSR count). The Hall–Kier alpha value is -2.54. The number of nitrogens with zero attached hydrogens (tertiary/aromatic N) is 1. The van der Waals surface area contributed by atoms with Gasteiger partial charge in [0.15, 0.2) is 7.05 Å². The monoisotopic (exact) mass is 330 g/mol. The van der Waals surface area contributed by atoms with E-state index in [0.29, 0.717) is 5.03 Å². The number of carbonyl (C=O) groups is 1. The van der Waals surface area contributed by atoms with Crippen LogP contribution in [0, 0.1) is 0 Å². The number of aromatic nitrogens is 2. The highest BCUT2D eigenvalue weighted by Crippen LogP contribution is 2.21. The van der Waals surface area contributed by atoms with Crippen LogP contribution in [0.2, 0.25) is 0 Å². The van der Waals surface area contributed by atoms with Crippen molar-refractivity contribution in [2.75, 3.05) is 5.32 Å². The van der Waals surface area contributed by atoms with Gasteiger partial charge >= 0.3 is 10.7 Å². The van der Waals surface area contributed by atoms with Crippen molar-refractivity contribution in [2.24, 2.45) is 7.05 Å². The zero-order valence-electron chi connectivity index (χ0n) is 12.7. The Kier molecular flexibility index (Phi) is 4.20. The van der Waals surface area contributed by atoms with Crippen LogP contribution >= 0.6 is 11.8 Å². The van der Waals surface area contributed by atoms with Gasteiger partial charge in [0, 0.05) is 5.69 Å². The maximum absolute atomic E-state index is 12.3. The number of fused-ring (bicyclic) bond motifs is 1. The van der Waals surface area contributed by atoms with Crippen molar-refractivity contribution in [1.29, 1.82) is 0 Å². The normalized spacial score (nSPS) is 12.3. The molecular formula is C16H16N3O3S+. The lowest BCUT2D eigenvalue weighted by atomic mass is 10.1. The van der Waals surface area contributed by atoms with Gasteiger partial charge in [-0.05, 0) is 46.9 Å². The van der Waals surface area contributed by atoms with Crippen molar-refractivity contribution < 1.29 is 14.0 Å². The molecule has 0 bridgehead atoms. The highest BCUT2D eigenvalue weighted by molar-refractivity contribution is 8.00. The molecule has 0 spiro atoms. The molecule has 3 aromatic rings. The minimum absolute atomic E-state index is 0.175. The number of benzene rings is 2. The van der Waals surface area contributed by atoms with Gasteiger partial charge in [-0.2, -0.15) is 0 Å². The number of hydrogen-bond donors (Lipinski definition) is 2. The lowest BCUT2D eigenvalue weighted by molar-refractivity contribution is -0.772. The molecule has 2 N–H and O–H groups in total. The molecule has 23 heavy (non-hydrogen) atoms. The van der Waals surface area contributed by atoms with Crippen LogP contribution in [0.3, 0.4) is 0 Å². The highest BCUT2D eigenvalue weighted by Gasteiger charge is 2.25. The topological polar surface area (TPSA) is 79.0 Å². The molecule has 1 amide bonds. The van der Waals surface area contributed by atoms with E-state index in [0.717, 1.165) is 28.2 Å². The lowest BCUT2D eigenvalue weighted by Crippen LogP contribution is -2.35. The van der Waals surface area contributed by atoms with Gasteiger partial charge in [-0.15, -0.1) is 0 Å². The second-order valence-electron chi connectivity index (χ2n) is 5.16. The van der Waals surface area contributed by atoms with Crippen LogP contribution in [-0.4, -0.2) is 16.4 Å². The van der Waals surface area contributed by atoms with Crippen molar-refractivity contribution in [1.82, 2.24) is 5.27 Å². The number of thioether (sulfide) groups is 1. The van der Waals surface area contributed by atoms with E-state index < -0.39 is 10.9 Å². The van der Waals surface area contributed by atoms with E-state index in [9.17, 15) is 9.59 Å². The van der Waals surface area contributed by atoms with Gasteiger partial charge in [-0.1, -0.05) is 35.0 Å². The smallest absolute Gasteiger partial charge is 0.325 e. The third kappa shape index (κ3) is 3.29. The summed E-state index contributed by atoms with van der Waals surface area (Å²) in [4.78, 5) is 23.8. The first kappa shape index (κ1) is 15.4. The van der Waals surface area contributed by atoms with Crippen molar-refractivity contribution in [3.8, 4) is 0 Å². The number of anilines is 1. The largest absolute Gasteiger partial charge is 0.441 e. The van der Waals surface area contributed by atoms with E-state index in [2.05, 4.69) is 15.1 Å². The van der Waals surface area contributed by atoms with Gasteiger partial charge in [0.1, 0.15) is 0 Å². The summed E-state index contributed by atoms with van der Waals surface area (Å²) >= 11 is 1.15. The van der Waals surface area contributed by atoms with Crippen LogP contribution in [0.1, 0.15) is 6.92 Å². The molecule has 0 aliphatic rings. The first-order valence-electron chi connectivity index (χ1n) is 7.08. The summed E-state index contributed by atoms with van der Waals surface area (Å²) in [6, 6.07) is 13.7. The standard InChI is InChI=1S/C16H15N3O3S/c1-10(23-15-16(21)22-18-19(15)2)14(20)17-13-8-7-11-5-3-4-6-12(11)9-13/h3-10H,1-2H3,(H-,17,18,20,21)/p+1. The number of rotatable bonds is 4. The number of H-pyrrole nitrogens is 1. The molecule has 1 heterocycles. The quantitative estimate of drug-likeness (QED) is 0.567. The molecule has 118 valence electrons. The Bertz CT molecular complexity index is 916. The molecule has 7 heteroatoms. The summed E-state index contributed by atoms with van der Waals surface area (Å²) in [5.41, 5.74) is 0.245. The predicted octanol–water partition coefficient (Wildman–Crippen LogP) is 2.06. The second-order valence-corrected chi connectivity index (χ2v) is 6.49. The Balaban J connectivity index is 1.73. The number of aryl methyl sites for hydroxylation is 1. The Morgan fingerprint density at radius 2 is 2.00 bits per heavy atom. The molecule has 0 saturated heterocycles. The van der Waals surface area contributed by atoms with E-state index in [1.54, 1.807) is 14.0 Å². The molecule has 0 fully saturated rings. The first-order valence-corrected chi connectivity index (χ1v) is 7.96. The van der Waals surface area contributed by atoms with Gasteiger partial charge in [0.2, 0.25) is 5.91 Å². The zero-order valence-corrected chi connectivity index (χ0v) is 13.5. The molecule has 1 atom stereocenters. The molecular weight excluding hydrogens is 314 g/mol. The van der Waals surface area contributed by atoms with Gasteiger partial charge in [-0.25, -0.2) is 4.79 Å². The number of nitrogens with one attached hydrogen (secondary N) is 2. The average Bonchev–Trinajstić information content (AvgIpc) is 2.86. The predicted molar refractivity (Wildman–Crippen MR) is 88.4 cm³/mol. The van der Waals surface area contributed by atoms with Crippen LogP contribution < -0.4 is 15.6 Å². The van der Waals surface area contributed by atoms with E-state index >= 15 is 0 Å². The molecule has 0 aliphatic carbocycles. The summed E-state index contributed by atoms with van der Waals surface area (Å²) in [5.74, 6) is -0.175. The summed E-state index contributed by atoms with van der Waals surface area (Å²) in [6.45, 7) is 1.74. The highest BCUT2D eigenvalue weighted by atomic mass is 32.2. The second kappa shape index (κ2) is 6.29. The van der Waals surface area contributed by atoms with Crippen molar-refractivity contribution >= 4 is 34.1 Å². The van der Waals surface area contributed by atoms with Crippen LogP contribution in [0.25, 0.3) is 10.8 Å². The molecule has 2 aromatic carbocycles. The van der Waals surface area contributed by atoms with E-state index in [-0.39, 0.29) is 5.91 Å². The van der Waals surface area contributed by atoms with Gasteiger partial charge in [0.05, 0.1) is 5.25 Å². The van der Waals surface area contributed by atoms with E-state index in [1.165, 1.54) is 4.68 Å². The molecule has 0 saturated carbocycles. The Labute approximate surface area is 136 Å². The molecule has 0 aliphatic heterocycles. The zero-order chi connectivity index (χ0) is 16.4. The lowest BCUT2D eigenvalue weighted by Gasteiger charge is -2.10. The van der Waals surface area contributed by atoms with Gasteiger partial charge in [-0.3, -0.25) is 9.32 Å². The third-order valence-corrected chi connectivity index (χ3v) is 4.66. The summed E-state index contributed by atoms with van der Waals surface area (Å²) < 4.78 is 6.12.